The number of hydrogen-bond acceptors (Lipinski definition) is 5. The summed E-state index contributed by atoms with van der Waals surface area (Å²) in [6, 6.07) is 15.2. The van der Waals surface area contributed by atoms with Crippen LogP contribution in [0.5, 0.6) is 0 Å². The standard InChI is InChI=1S/C18H20N4O3S/c23-17(13-21-26(24,25)14-7-2-1-3-8-14)22-16-10-5-4-9-15(16)18-19-11-6-12-20-18/h1-5,7-10,21H,6,11-13H2,(H,19,20)(H,22,23). The SMILES string of the molecule is O=C(CNS(=O)(=O)c1ccccc1)Nc1ccccc1C1=NCCCN1. The number of nitrogens with one attached hydrogen (secondary N) is 3. The van der Waals surface area contributed by atoms with Crippen molar-refractivity contribution in [1.29, 1.82) is 0 Å². The minimum Gasteiger partial charge on any atom is -0.370 e. The van der Waals surface area contributed by atoms with Crippen LogP contribution in [0, 0.1) is 0 Å². The van der Waals surface area contributed by atoms with Gasteiger partial charge in [-0.15, -0.1) is 0 Å². The lowest BCUT2D eigenvalue weighted by atomic mass is 10.1. The van der Waals surface area contributed by atoms with Gasteiger partial charge in [0.05, 0.1) is 17.1 Å². The van der Waals surface area contributed by atoms with E-state index in [-0.39, 0.29) is 11.4 Å². The first-order chi connectivity index (χ1) is 12.6. The van der Waals surface area contributed by atoms with Gasteiger partial charge in [0, 0.05) is 18.7 Å². The van der Waals surface area contributed by atoms with Gasteiger partial charge in [-0.1, -0.05) is 30.3 Å². The Labute approximate surface area is 152 Å². The molecule has 0 bridgehead atoms. The van der Waals surface area contributed by atoms with Gasteiger partial charge in [-0.2, -0.15) is 0 Å². The Morgan fingerprint density at radius 3 is 2.54 bits per heavy atom. The number of rotatable bonds is 6. The molecule has 2 aromatic carbocycles. The van der Waals surface area contributed by atoms with Crippen LogP contribution < -0.4 is 15.4 Å². The van der Waals surface area contributed by atoms with Crippen LogP contribution in [0.15, 0.2) is 64.5 Å². The van der Waals surface area contributed by atoms with Gasteiger partial charge in [0.25, 0.3) is 0 Å². The highest BCUT2D eigenvalue weighted by Gasteiger charge is 2.17. The minimum absolute atomic E-state index is 0.119. The van der Waals surface area contributed by atoms with E-state index in [1.807, 2.05) is 12.1 Å². The molecule has 3 rings (SSSR count). The molecule has 0 aliphatic carbocycles. The zero-order valence-electron chi connectivity index (χ0n) is 14.1. The van der Waals surface area contributed by atoms with Gasteiger partial charge in [0.1, 0.15) is 5.84 Å². The van der Waals surface area contributed by atoms with Crippen molar-refractivity contribution in [3.63, 3.8) is 0 Å². The monoisotopic (exact) mass is 372 g/mol. The Hall–Kier alpha value is -2.71. The molecular weight excluding hydrogens is 352 g/mol. The second kappa shape index (κ2) is 8.11. The second-order valence-electron chi connectivity index (χ2n) is 5.74. The summed E-state index contributed by atoms with van der Waals surface area (Å²) >= 11 is 0. The van der Waals surface area contributed by atoms with Gasteiger partial charge in [0.15, 0.2) is 0 Å². The van der Waals surface area contributed by atoms with Crippen LogP contribution in [0.25, 0.3) is 0 Å². The van der Waals surface area contributed by atoms with E-state index in [0.717, 1.165) is 30.9 Å². The van der Waals surface area contributed by atoms with E-state index < -0.39 is 15.9 Å². The summed E-state index contributed by atoms with van der Waals surface area (Å²) < 4.78 is 26.7. The lowest BCUT2D eigenvalue weighted by Crippen LogP contribution is -2.34. The van der Waals surface area contributed by atoms with Crippen LogP contribution in [0.2, 0.25) is 0 Å². The number of hydrogen-bond donors (Lipinski definition) is 3. The Kier molecular flexibility index (Phi) is 5.65. The van der Waals surface area contributed by atoms with Crippen molar-refractivity contribution in [3.05, 3.63) is 60.2 Å². The van der Waals surface area contributed by atoms with Gasteiger partial charge in [-0.25, -0.2) is 13.1 Å². The number of amidine groups is 1. The van der Waals surface area contributed by atoms with E-state index in [1.54, 1.807) is 30.3 Å². The highest BCUT2D eigenvalue weighted by atomic mass is 32.2. The van der Waals surface area contributed by atoms with Crippen LogP contribution in [0.1, 0.15) is 12.0 Å². The van der Waals surface area contributed by atoms with Crippen molar-refractivity contribution in [2.45, 2.75) is 11.3 Å². The molecule has 2 aromatic rings. The van der Waals surface area contributed by atoms with Crippen LogP contribution in [0.3, 0.4) is 0 Å². The number of carbonyl (C=O) groups excluding carboxylic acids is 1. The number of nitrogens with zero attached hydrogens (tertiary/aromatic N) is 1. The van der Waals surface area contributed by atoms with Crippen molar-refractivity contribution < 1.29 is 13.2 Å². The second-order valence-corrected chi connectivity index (χ2v) is 7.51. The Morgan fingerprint density at radius 2 is 1.81 bits per heavy atom. The number of anilines is 1. The van der Waals surface area contributed by atoms with Crippen molar-refractivity contribution >= 4 is 27.5 Å². The molecule has 136 valence electrons. The third kappa shape index (κ3) is 4.47. The van der Waals surface area contributed by atoms with Crippen LogP contribution in [-0.4, -0.2) is 39.8 Å². The molecule has 0 fully saturated rings. The molecular formula is C18H20N4O3S. The third-order valence-electron chi connectivity index (χ3n) is 3.83. The topological polar surface area (TPSA) is 99.7 Å². The number of amides is 1. The summed E-state index contributed by atoms with van der Waals surface area (Å²) in [6.45, 7) is 1.21. The van der Waals surface area contributed by atoms with Gasteiger partial charge in [-0.05, 0) is 30.7 Å². The van der Waals surface area contributed by atoms with Gasteiger partial charge < -0.3 is 10.6 Å². The molecule has 1 aliphatic rings. The maximum atomic E-state index is 12.2. The normalized spacial score (nSPS) is 14.2. The molecule has 1 aliphatic heterocycles. The van der Waals surface area contributed by atoms with Crippen LogP contribution in [0.4, 0.5) is 5.69 Å². The number of aliphatic imine (C=N–C) groups is 1. The molecule has 7 nitrogen and oxygen atoms in total. The maximum Gasteiger partial charge on any atom is 0.241 e. The molecule has 3 N–H and O–H groups in total. The Bertz CT molecular complexity index is 911. The Morgan fingerprint density at radius 1 is 1.08 bits per heavy atom. The van der Waals surface area contributed by atoms with E-state index in [0.29, 0.717) is 5.69 Å². The van der Waals surface area contributed by atoms with Gasteiger partial charge in [0.2, 0.25) is 15.9 Å². The quantitative estimate of drug-likeness (QED) is 0.712. The average Bonchev–Trinajstić information content (AvgIpc) is 2.68. The molecule has 1 heterocycles. The zero-order chi connectivity index (χ0) is 18.4. The fourth-order valence-electron chi connectivity index (χ4n) is 2.55. The lowest BCUT2D eigenvalue weighted by Gasteiger charge is -2.18. The van der Waals surface area contributed by atoms with Crippen LogP contribution >= 0.6 is 0 Å². The summed E-state index contributed by atoms with van der Waals surface area (Å²) in [4.78, 5) is 16.8. The number of para-hydroxylation sites is 1. The molecule has 1 amide bonds. The van der Waals surface area contributed by atoms with E-state index in [1.165, 1.54) is 12.1 Å². The highest BCUT2D eigenvalue weighted by molar-refractivity contribution is 7.89. The predicted octanol–water partition coefficient (Wildman–Crippen LogP) is 1.34. The van der Waals surface area contributed by atoms with E-state index in [4.69, 9.17) is 0 Å². The molecule has 26 heavy (non-hydrogen) atoms. The van der Waals surface area contributed by atoms with Crippen molar-refractivity contribution in [2.75, 3.05) is 25.0 Å². The van der Waals surface area contributed by atoms with Crippen molar-refractivity contribution in [3.8, 4) is 0 Å². The van der Waals surface area contributed by atoms with Crippen molar-refractivity contribution in [1.82, 2.24) is 10.0 Å². The van der Waals surface area contributed by atoms with E-state index >= 15 is 0 Å². The average molecular weight is 372 g/mol. The number of sulfonamides is 1. The summed E-state index contributed by atoms with van der Waals surface area (Å²) in [5.41, 5.74) is 1.37. The first-order valence-corrected chi connectivity index (χ1v) is 9.77. The lowest BCUT2D eigenvalue weighted by molar-refractivity contribution is -0.115. The summed E-state index contributed by atoms with van der Waals surface area (Å²) in [6.07, 6.45) is 0.972. The summed E-state index contributed by atoms with van der Waals surface area (Å²) in [5, 5.41) is 5.96. The summed E-state index contributed by atoms with van der Waals surface area (Å²) in [7, 11) is -3.73. The molecule has 0 spiro atoms. The Balaban J connectivity index is 1.67. The van der Waals surface area contributed by atoms with Gasteiger partial charge in [-0.3, -0.25) is 9.79 Å². The first-order valence-electron chi connectivity index (χ1n) is 8.28. The number of benzene rings is 2. The molecule has 0 unspecified atom stereocenters. The molecule has 0 saturated heterocycles. The molecule has 0 atom stereocenters. The zero-order valence-corrected chi connectivity index (χ0v) is 14.9. The van der Waals surface area contributed by atoms with E-state index in [9.17, 15) is 13.2 Å². The largest absolute Gasteiger partial charge is 0.370 e. The van der Waals surface area contributed by atoms with Crippen molar-refractivity contribution in [2.24, 2.45) is 4.99 Å². The smallest absolute Gasteiger partial charge is 0.241 e. The number of carbonyl (C=O) groups is 1. The summed E-state index contributed by atoms with van der Waals surface area (Å²) in [5.74, 6) is 0.283. The van der Waals surface area contributed by atoms with Gasteiger partial charge >= 0.3 is 0 Å². The molecule has 0 aromatic heterocycles. The van der Waals surface area contributed by atoms with E-state index in [2.05, 4.69) is 20.3 Å². The van der Waals surface area contributed by atoms with Crippen LogP contribution in [-0.2, 0) is 14.8 Å². The highest BCUT2D eigenvalue weighted by Crippen LogP contribution is 2.16. The fourth-order valence-corrected chi connectivity index (χ4v) is 3.55. The predicted molar refractivity (Wildman–Crippen MR) is 101 cm³/mol. The minimum atomic E-state index is -3.73. The third-order valence-corrected chi connectivity index (χ3v) is 5.25. The molecule has 0 saturated carbocycles. The molecule has 0 radical (unpaired) electrons. The maximum absolute atomic E-state index is 12.2. The molecule has 8 heteroatoms. The first kappa shape index (κ1) is 18.1. The fraction of sp³-hybridized carbons (Fsp3) is 0.222.